The van der Waals surface area contributed by atoms with Crippen LogP contribution in [0, 0.1) is 0 Å². The van der Waals surface area contributed by atoms with Gasteiger partial charge < -0.3 is 10.1 Å². The Hall–Kier alpha value is -2.97. The van der Waals surface area contributed by atoms with E-state index in [1.807, 2.05) is 31.2 Å². The molecule has 0 radical (unpaired) electrons. The van der Waals surface area contributed by atoms with Gasteiger partial charge in [0, 0.05) is 23.9 Å². The van der Waals surface area contributed by atoms with Crippen LogP contribution in [0.5, 0.6) is 5.75 Å². The van der Waals surface area contributed by atoms with E-state index in [1.165, 1.54) is 6.33 Å². The number of para-hydroxylation sites is 1. The molecule has 0 aliphatic heterocycles. The highest BCUT2D eigenvalue weighted by molar-refractivity contribution is 7.89. The minimum Gasteiger partial charge on any atom is -0.496 e. The molecule has 3 aromatic rings. The zero-order chi connectivity index (χ0) is 20.7. The van der Waals surface area contributed by atoms with Gasteiger partial charge in [0.1, 0.15) is 17.9 Å². The van der Waals surface area contributed by atoms with Crippen LogP contribution in [0.2, 0.25) is 0 Å². The lowest BCUT2D eigenvalue weighted by molar-refractivity contribution is 0.416. The van der Waals surface area contributed by atoms with Crippen molar-refractivity contribution in [3.05, 3.63) is 60.9 Å². The Kier molecular flexibility index (Phi) is 6.79. The van der Waals surface area contributed by atoms with Crippen molar-refractivity contribution < 1.29 is 13.2 Å². The van der Waals surface area contributed by atoms with E-state index in [9.17, 15) is 8.42 Å². The third-order valence-corrected chi connectivity index (χ3v) is 5.75. The number of aromatic nitrogens is 2. The molecule has 2 N–H and O–H groups in total. The second kappa shape index (κ2) is 9.49. The van der Waals surface area contributed by atoms with Gasteiger partial charge in [0.15, 0.2) is 0 Å². The van der Waals surface area contributed by atoms with Crippen LogP contribution < -0.4 is 14.8 Å². The fraction of sp³-hybridized carbons (Fsp3) is 0.238. The molecule has 0 bridgehead atoms. The van der Waals surface area contributed by atoms with Crippen LogP contribution >= 0.6 is 0 Å². The highest BCUT2D eigenvalue weighted by Gasteiger charge is 2.14. The molecular weight excluding hydrogens is 388 g/mol. The summed E-state index contributed by atoms with van der Waals surface area (Å²) in [5.74, 6) is 1.26. The average Bonchev–Trinajstić information content (AvgIpc) is 2.74. The first-order valence-corrected chi connectivity index (χ1v) is 10.8. The molecule has 2 aromatic carbocycles. The first-order chi connectivity index (χ1) is 14.0. The smallest absolute Gasteiger partial charge is 0.240 e. The summed E-state index contributed by atoms with van der Waals surface area (Å²) in [6.45, 7) is 2.44. The average molecular weight is 413 g/mol. The minimum atomic E-state index is -3.55. The van der Waals surface area contributed by atoms with Crippen LogP contribution in [0.1, 0.15) is 19.8 Å². The van der Waals surface area contributed by atoms with Crippen molar-refractivity contribution in [2.45, 2.75) is 24.7 Å². The Morgan fingerprint density at radius 2 is 1.86 bits per heavy atom. The van der Waals surface area contributed by atoms with Gasteiger partial charge in [0.25, 0.3) is 0 Å². The lowest BCUT2D eigenvalue weighted by Crippen LogP contribution is -2.24. The number of nitrogens with one attached hydrogen (secondary N) is 2. The van der Waals surface area contributed by atoms with Gasteiger partial charge in [-0.15, -0.1) is 0 Å². The number of nitrogens with zero attached hydrogens (tertiary/aromatic N) is 2. The number of hydrogen-bond acceptors (Lipinski definition) is 6. The fourth-order valence-electron chi connectivity index (χ4n) is 2.78. The zero-order valence-corrected chi connectivity index (χ0v) is 17.2. The fourth-order valence-corrected chi connectivity index (χ4v) is 3.90. The van der Waals surface area contributed by atoms with Gasteiger partial charge in [-0.25, -0.2) is 23.1 Å². The monoisotopic (exact) mass is 412 g/mol. The molecule has 8 heteroatoms. The second-order valence-electron chi connectivity index (χ2n) is 6.39. The van der Waals surface area contributed by atoms with Crippen molar-refractivity contribution in [2.24, 2.45) is 0 Å². The van der Waals surface area contributed by atoms with Crippen molar-refractivity contribution in [2.75, 3.05) is 19.0 Å². The van der Waals surface area contributed by atoms with E-state index in [4.69, 9.17) is 4.74 Å². The normalized spacial score (nSPS) is 11.2. The quantitative estimate of drug-likeness (QED) is 0.517. The number of hydrogen-bond donors (Lipinski definition) is 2. The van der Waals surface area contributed by atoms with Gasteiger partial charge in [0.2, 0.25) is 10.0 Å². The Labute approximate surface area is 171 Å². The summed E-state index contributed by atoms with van der Waals surface area (Å²) in [6, 6.07) is 16.0. The van der Waals surface area contributed by atoms with E-state index in [1.54, 1.807) is 37.4 Å². The van der Waals surface area contributed by atoms with E-state index in [-0.39, 0.29) is 4.90 Å². The summed E-state index contributed by atoms with van der Waals surface area (Å²) in [6.07, 6.45) is 3.17. The molecule has 0 unspecified atom stereocenters. The molecule has 0 aliphatic rings. The van der Waals surface area contributed by atoms with E-state index in [2.05, 4.69) is 20.0 Å². The molecule has 29 heavy (non-hydrogen) atoms. The zero-order valence-electron chi connectivity index (χ0n) is 16.4. The van der Waals surface area contributed by atoms with Crippen molar-refractivity contribution in [1.82, 2.24) is 14.7 Å². The topological polar surface area (TPSA) is 93.2 Å². The number of unbranched alkanes of at least 4 members (excludes halogenated alkanes) is 1. The molecule has 1 heterocycles. The predicted octanol–water partition coefficient (Wildman–Crippen LogP) is 3.97. The maximum absolute atomic E-state index is 12.4. The third-order valence-electron chi connectivity index (χ3n) is 4.29. The molecule has 7 nitrogen and oxygen atoms in total. The Bertz CT molecular complexity index is 1070. The van der Waals surface area contributed by atoms with Crippen LogP contribution in [0.15, 0.2) is 65.8 Å². The molecule has 0 fully saturated rings. The summed E-state index contributed by atoms with van der Waals surface area (Å²) in [5.41, 5.74) is 2.16. The van der Waals surface area contributed by atoms with E-state index in [0.29, 0.717) is 29.5 Å². The summed E-state index contributed by atoms with van der Waals surface area (Å²) >= 11 is 0. The second-order valence-corrected chi connectivity index (χ2v) is 8.16. The van der Waals surface area contributed by atoms with Gasteiger partial charge in [-0.2, -0.15) is 0 Å². The molecule has 152 valence electrons. The molecule has 0 aliphatic carbocycles. The van der Waals surface area contributed by atoms with Crippen molar-refractivity contribution in [3.8, 4) is 17.0 Å². The highest BCUT2D eigenvalue weighted by atomic mass is 32.2. The van der Waals surface area contributed by atoms with Gasteiger partial charge in [-0.05, 0) is 36.8 Å². The van der Waals surface area contributed by atoms with Crippen LogP contribution in [0.4, 0.5) is 11.5 Å². The Balaban J connectivity index is 1.82. The predicted molar refractivity (Wildman–Crippen MR) is 114 cm³/mol. The van der Waals surface area contributed by atoms with Gasteiger partial charge >= 0.3 is 0 Å². The molecule has 1 aromatic heterocycles. The van der Waals surface area contributed by atoms with Crippen LogP contribution in [0.25, 0.3) is 11.3 Å². The molecule has 0 amide bonds. The van der Waals surface area contributed by atoms with Crippen LogP contribution in [-0.2, 0) is 10.0 Å². The van der Waals surface area contributed by atoms with E-state index >= 15 is 0 Å². The number of anilines is 2. The molecule has 0 saturated heterocycles. The first-order valence-electron chi connectivity index (χ1n) is 9.35. The number of sulfonamides is 1. The minimum absolute atomic E-state index is 0.206. The van der Waals surface area contributed by atoms with E-state index in [0.717, 1.165) is 18.4 Å². The number of benzene rings is 2. The SMILES string of the molecule is CCCCNS(=O)(=O)c1cccc(Nc2cc(-c3ccccc3OC)ncn2)c1. The summed E-state index contributed by atoms with van der Waals surface area (Å²) in [7, 11) is -1.94. The van der Waals surface area contributed by atoms with Gasteiger partial charge in [-0.1, -0.05) is 31.5 Å². The number of rotatable bonds is 9. The summed E-state index contributed by atoms with van der Waals surface area (Å²) < 4.78 is 32.9. The standard InChI is InChI=1S/C21H24N4O3S/c1-3-4-12-24-29(26,27)17-9-7-8-16(13-17)25-21-14-19(22-15-23-21)18-10-5-6-11-20(18)28-2/h5-11,13-15,24H,3-4,12H2,1-2H3,(H,22,23,25). The van der Waals surface area contributed by atoms with Gasteiger partial charge in [0.05, 0.1) is 17.7 Å². The van der Waals surface area contributed by atoms with Crippen molar-refractivity contribution in [3.63, 3.8) is 0 Å². The van der Waals surface area contributed by atoms with Gasteiger partial charge in [-0.3, -0.25) is 0 Å². The molecule has 0 saturated carbocycles. The maximum atomic E-state index is 12.4. The summed E-state index contributed by atoms with van der Waals surface area (Å²) in [4.78, 5) is 8.77. The number of ether oxygens (including phenoxy) is 1. The molecular formula is C21H24N4O3S. The van der Waals surface area contributed by atoms with Crippen LogP contribution in [-0.4, -0.2) is 32.0 Å². The molecule has 0 atom stereocenters. The Morgan fingerprint density at radius 3 is 2.66 bits per heavy atom. The highest BCUT2D eigenvalue weighted by Crippen LogP contribution is 2.29. The third kappa shape index (κ3) is 5.30. The van der Waals surface area contributed by atoms with Crippen molar-refractivity contribution >= 4 is 21.5 Å². The Morgan fingerprint density at radius 1 is 1.03 bits per heavy atom. The molecule has 0 spiro atoms. The largest absolute Gasteiger partial charge is 0.496 e. The number of methoxy groups -OCH3 is 1. The lowest BCUT2D eigenvalue weighted by atomic mass is 10.1. The van der Waals surface area contributed by atoms with Crippen molar-refractivity contribution in [1.29, 1.82) is 0 Å². The molecule has 3 rings (SSSR count). The first kappa shape index (κ1) is 20.8. The maximum Gasteiger partial charge on any atom is 0.240 e. The summed E-state index contributed by atoms with van der Waals surface area (Å²) in [5, 5.41) is 3.15. The van der Waals surface area contributed by atoms with E-state index < -0.39 is 10.0 Å². The van der Waals surface area contributed by atoms with Crippen LogP contribution in [0.3, 0.4) is 0 Å². The lowest BCUT2D eigenvalue weighted by Gasteiger charge is -2.11.